The lowest BCUT2D eigenvalue weighted by molar-refractivity contribution is 0.576. The van der Waals surface area contributed by atoms with Gasteiger partial charge in [-0.05, 0) is 44.5 Å². The highest BCUT2D eigenvalue weighted by atomic mass is 79.9. The zero-order valence-electron chi connectivity index (χ0n) is 11.5. The average Bonchev–Trinajstić information content (AvgIpc) is 2.33. The summed E-state index contributed by atoms with van der Waals surface area (Å²) in [6.07, 6.45) is 0.991. The number of benzene rings is 1. The summed E-state index contributed by atoms with van der Waals surface area (Å²) in [5.41, 5.74) is 1.65. The van der Waals surface area contributed by atoms with Crippen molar-refractivity contribution in [1.82, 2.24) is 5.32 Å². The predicted molar refractivity (Wildman–Crippen MR) is 84.0 cm³/mol. The molecule has 0 aliphatic carbocycles. The van der Waals surface area contributed by atoms with Gasteiger partial charge in [-0.25, -0.2) is 8.42 Å². The molecular formula is C13H21BrN2O2S. The summed E-state index contributed by atoms with van der Waals surface area (Å²) in [6, 6.07) is 5.42. The third-order valence-corrected chi connectivity index (χ3v) is 5.42. The number of hydrogen-bond donors (Lipinski definition) is 2. The second-order valence-corrected chi connectivity index (χ2v) is 7.58. The van der Waals surface area contributed by atoms with Crippen LogP contribution in [0.3, 0.4) is 0 Å². The molecule has 1 aromatic rings. The third kappa shape index (κ3) is 5.12. The highest BCUT2D eigenvalue weighted by Gasteiger charge is 2.20. The monoisotopic (exact) mass is 348 g/mol. The summed E-state index contributed by atoms with van der Waals surface area (Å²) in [5.74, 6) is 0. The molecule has 19 heavy (non-hydrogen) atoms. The van der Waals surface area contributed by atoms with Crippen LogP contribution < -0.4 is 10.0 Å². The van der Waals surface area contributed by atoms with Gasteiger partial charge < -0.3 is 5.32 Å². The van der Waals surface area contributed by atoms with Gasteiger partial charge in [-0.1, -0.05) is 28.9 Å². The average molecular weight is 349 g/mol. The Morgan fingerprint density at radius 2 is 2.05 bits per heavy atom. The van der Waals surface area contributed by atoms with Crippen molar-refractivity contribution in [3.63, 3.8) is 0 Å². The molecule has 0 saturated heterocycles. The standard InChI is InChI=1S/C13H21BrN2O2S/c1-4-7-15-9-11(3)19(17,18)16-12-6-5-10(2)13(14)8-12/h5-6,8,11,15-16H,4,7,9H2,1-3H3. The molecule has 0 radical (unpaired) electrons. The molecule has 4 nitrogen and oxygen atoms in total. The van der Waals surface area contributed by atoms with Crippen molar-refractivity contribution in [3.05, 3.63) is 28.2 Å². The van der Waals surface area contributed by atoms with Gasteiger partial charge in [0.15, 0.2) is 0 Å². The smallest absolute Gasteiger partial charge is 0.236 e. The lowest BCUT2D eigenvalue weighted by atomic mass is 10.2. The van der Waals surface area contributed by atoms with Crippen LogP contribution in [0.25, 0.3) is 0 Å². The lowest BCUT2D eigenvalue weighted by Crippen LogP contribution is -2.35. The first kappa shape index (κ1) is 16.5. The molecule has 1 atom stereocenters. The molecule has 2 N–H and O–H groups in total. The summed E-state index contributed by atoms with van der Waals surface area (Å²) in [7, 11) is -3.36. The molecular weight excluding hydrogens is 328 g/mol. The summed E-state index contributed by atoms with van der Waals surface area (Å²) in [4.78, 5) is 0. The van der Waals surface area contributed by atoms with Gasteiger partial charge in [0, 0.05) is 16.7 Å². The molecule has 1 rings (SSSR count). The molecule has 6 heteroatoms. The van der Waals surface area contributed by atoms with E-state index in [-0.39, 0.29) is 0 Å². The van der Waals surface area contributed by atoms with Crippen molar-refractivity contribution in [3.8, 4) is 0 Å². The molecule has 1 unspecified atom stereocenters. The molecule has 0 amide bonds. The molecule has 0 aromatic heterocycles. The van der Waals surface area contributed by atoms with Gasteiger partial charge >= 0.3 is 0 Å². The second kappa shape index (κ2) is 7.26. The Morgan fingerprint density at radius 1 is 1.37 bits per heavy atom. The molecule has 108 valence electrons. The third-order valence-electron chi connectivity index (χ3n) is 2.82. The van der Waals surface area contributed by atoms with Crippen molar-refractivity contribution in [2.75, 3.05) is 17.8 Å². The summed E-state index contributed by atoms with van der Waals surface area (Å²) in [6.45, 7) is 6.99. The number of nitrogens with one attached hydrogen (secondary N) is 2. The van der Waals surface area contributed by atoms with Gasteiger partial charge in [-0.2, -0.15) is 0 Å². The maximum absolute atomic E-state index is 12.1. The Balaban J connectivity index is 2.70. The SMILES string of the molecule is CCCNCC(C)S(=O)(=O)Nc1ccc(C)c(Br)c1. The summed E-state index contributed by atoms with van der Waals surface area (Å²) in [5, 5.41) is 2.65. The van der Waals surface area contributed by atoms with Crippen LogP contribution in [0, 0.1) is 6.92 Å². The van der Waals surface area contributed by atoms with E-state index in [1.54, 1.807) is 19.1 Å². The highest BCUT2D eigenvalue weighted by molar-refractivity contribution is 9.10. The van der Waals surface area contributed by atoms with Crippen molar-refractivity contribution in [1.29, 1.82) is 0 Å². The van der Waals surface area contributed by atoms with E-state index in [0.717, 1.165) is 23.0 Å². The van der Waals surface area contributed by atoms with E-state index in [9.17, 15) is 8.42 Å². The van der Waals surface area contributed by atoms with E-state index in [4.69, 9.17) is 0 Å². The first-order valence-corrected chi connectivity index (χ1v) is 8.69. The molecule has 0 aliphatic heterocycles. The Hall–Kier alpha value is -0.590. The van der Waals surface area contributed by atoms with Crippen molar-refractivity contribution < 1.29 is 8.42 Å². The van der Waals surface area contributed by atoms with Gasteiger partial charge in [0.2, 0.25) is 10.0 Å². The predicted octanol–water partition coefficient (Wildman–Crippen LogP) is 2.89. The Bertz CT molecular complexity index is 517. The fraction of sp³-hybridized carbons (Fsp3) is 0.538. The normalized spacial score (nSPS) is 13.3. The van der Waals surface area contributed by atoms with Gasteiger partial charge in [0.25, 0.3) is 0 Å². The van der Waals surface area contributed by atoms with Crippen LogP contribution in [-0.2, 0) is 10.0 Å². The zero-order chi connectivity index (χ0) is 14.5. The van der Waals surface area contributed by atoms with Crippen LogP contribution >= 0.6 is 15.9 Å². The molecule has 0 spiro atoms. The van der Waals surface area contributed by atoms with E-state index in [1.807, 2.05) is 19.9 Å². The number of halogens is 1. The Morgan fingerprint density at radius 3 is 2.63 bits per heavy atom. The summed E-state index contributed by atoms with van der Waals surface area (Å²) >= 11 is 3.39. The van der Waals surface area contributed by atoms with Crippen LogP contribution in [0.2, 0.25) is 0 Å². The topological polar surface area (TPSA) is 58.2 Å². The van der Waals surface area contributed by atoms with Gasteiger partial charge in [-0.15, -0.1) is 0 Å². The van der Waals surface area contributed by atoms with E-state index < -0.39 is 15.3 Å². The fourth-order valence-electron chi connectivity index (χ4n) is 1.51. The van der Waals surface area contributed by atoms with E-state index in [2.05, 4.69) is 26.0 Å². The number of aryl methyl sites for hydroxylation is 1. The molecule has 0 fully saturated rings. The zero-order valence-corrected chi connectivity index (χ0v) is 13.9. The van der Waals surface area contributed by atoms with Crippen LogP contribution in [0.15, 0.2) is 22.7 Å². The number of sulfonamides is 1. The minimum absolute atomic E-state index is 0.455. The quantitative estimate of drug-likeness (QED) is 0.745. The Kier molecular flexibility index (Phi) is 6.29. The fourth-order valence-corrected chi connectivity index (χ4v) is 2.89. The van der Waals surface area contributed by atoms with E-state index >= 15 is 0 Å². The maximum atomic E-state index is 12.1. The van der Waals surface area contributed by atoms with E-state index in [0.29, 0.717) is 12.2 Å². The highest BCUT2D eigenvalue weighted by Crippen LogP contribution is 2.21. The molecule has 0 heterocycles. The van der Waals surface area contributed by atoms with Crippen LogP contribution in [0.4, 0.5) is 5.69 Å². The molecule has 0 bridgehead atoms. The first-order chi connectivity index (χ1) is 8.86. The molecule has 0 saturated carbocycles. The van der Waals surface area contributed by atoms with E-state index in [1.165, 1.54) is 0 Å². The summed E-state index contributed by atoms with van der Waals surface area (Å²) < 4.78 is 27.8. The van der Waals surface area contributed by atoms with Gasteiger partial charge in [-0.3, -0.25) is 4.72 Å². The van der Waals surface area contributed by atoms with Gasteiger partial charge in [0.05, 0.1) is 5.25 Å². The maximum Gasteiger partial charge on any atom is 0.236 e. The molecule has 0 aliphatic rings. The van der Waals surface area contributed by atoms with Crippen LogP contribution in [0.1, 0.15) is 25.8 Å². The van der Waals surface area contributed by atoms with Crippen molar-refractivity contribution in [2.45, 2.75) is 32.4 Å². The minimum atomic E-state index is -3.36. The van der Waals surface area contributed by atoms with Crippen molar-refractivity contribution in [2.24, 2.45) is 0 Å². The largest absolute Gasteiger partial charge is 0.315 e. The van der Waals surface area contributed by atoms with Crippen molar-refractivity contribution >= 4 is 31.6 Å². The molecule has 1 aromatic carbocycles. The van der Waals surface area contributed by atoms with Gasteiger partial charge in [0.1, 0.15) is 0 Å². The van der Waals surface area contributed by atoms with Crippen LogP contribution in [-0.4, -0.2) is 26.8 Å². The van der Waals surface area contributed by atoms with Crippen LogP contribution in [0.5, 0.6) is 0 Å². The second-order valence-electron chi connectivity index (χ2n) is 4.63. The lowest BCUT2D eigenvalue weighted by Gasteiger charge is -2.15. The number of hydrogen-bond acceptors (Lipinski definition) is 3. The first-order valence-electron chi connectivity index (χ1n) is 6.35. The number of anilines is 1. The number of rotatable bonds is 7. The Labute approximate surface area is 124 Å². The minimum Gasteiger partial charge on any atom is -0.315 e.